The number of esters is 2. The summed E-state index contributed by atoms with van der Waals surface area (Å²) < 4.78 is 4.38. The fourth-order valence-electron chi connectivity index (χ4n) is 1.65. The van der Waals surface area contributed by atoms with Crippen LogP contribution in [0.5, 0.6) is 0 Å². The van der Waals surface area contributed by atoms with Crippen molar-refractivity contribution in [3.8, 4) is 6.07 Å². The quantitative estimate of drug-likeness (QED) is 0.420. The molecule has 17 heavy (non-hydrogen) atoms. The highest BCUT2D eigenvalue weighted by Crippen LogP contribution is 2.29. The van der Waals surface area contributed by atoms with Crippen LogP contribution in [-0.4, -0.2) is 28.3 Å². The van der Waals surface area contributed by atoms with E-state index in [1.54, 1.807) is 0 Å². The summed E-state index contributed by atoms with van der Waals surface area (Å²) in [6, 6.07) is 5.60. The normalized spacial score (nSPS) is 17.0. The smallest absolute Gasteiger partial charge is 0.347 e. The van der Waals surface area contributed by atoms with E-state index in [-0.39, 0.29) is 16.7 Å². The van der Waals surface area contributed by atoms with Gasteiger partial charge in [0.05, 0.1) is 17.2 Å². The van der Waals surface area contributed by atoms with Crippen LogP contribution in [0.2, 0.25) is 0 Å². The van der Waals surface area contributed by atoms with Crippen LogP contribution in [0.1, 0.15) is 32.4 Å². The molecule has 0 saturated carbocycles. The van der Waals surface area contributed by atoms with Gasteiger partial charge in [-0.1, -0.05) is 12.1 Å². The van der Waals surface area contributed by atoms with E-state index in [9.17, 15) is 19.8 Å². The van der Waals surface area contributed by atoms with Crippen LogP contribution in [-0.2, 0) is 4.74 Å². The summed E-state index contributed by atoms with van der Waals surface area (Å²) in [5, 5.41) is 27.4. The zero-order valence-electron chi connectivity index (χ0n) is 8.45. The Bertz CT molecular complexity index is 545. The average molecular weight is 233 g/mol. The molecule has 2 atom stereocenters. The first kappa shape index (κ1) is 11.3. The van der Waals surface area contributed by atoms with Gasteiger partial charge in [-0.25, -0.2) is 9.59 Å². The highest BCUT2D eigenvalue weighted by Gasteiger charge is 2.35. The van der Waals surface area contributed by atoms with Gasteiger partial charge in [0, 0.05) is 0 Å². The molecule has 2 unspecified atom stereocenters. The molecule has 0 fully saturated rings. The van der Waals surface area contributed by atoms with Gasteiger partial charge in [-0.2, -0.15) is 5.26 Å². The predicted molar refractivity (Wildman–Crippen MR) is 52.8 cm³/mol. The van der Waals surface area contributed by atoms with Gasteiger partial charge in [0.15, 0.2) is 6.10 Å². The van der Waals surface area contributed by atoms with E-state index in [4.69, 9.17) is 5.26 Å². The van der Waals surface area contributed by atoms with Crippen LogP contribution >= 0.6 is 0 Å². The number of aliphatic hydroxyl groups is 2. The predicted octanol–water partition coefficient (Wildman–Crippen LogP) is -0.0849. The number of benzene rings is 1. The summed E-state index contributed by atoms with van der Waals surface area (Å²) >= 11 is 0. The fraction of sp³-hybridized carbons (Fsp3) is 0.182. The van der Waals surface area contributed by atoms with Crippen molar-refractivity contribution in [3.05, 3.63) is 34.9 Å². The third kappa shape index (κ3) is 1.67. The van der Waals surface area contributed by atoms with Gasteiger partial charge >= 0.3 is 11.9 Å². The molecule has 0 saturated heterocycles. The van der Waals surface area contributed by atoms with Crippen LogP contribution in [0, 0.1) is 11.3 Å². The Morgan fingerprint density at radius 2 is 1.94 bits per heavy atom. The first-order valence-electron chi connectivity index (χ1n) is 4.71. The third-order valence-corrected chi connectivity index (χ3v) is 2.46. The molecule has 6 nitrogen and oxygen atoms in total. The number of nitrogens with zero attached hydrogens (tertiary/aromatic N) is 1. The molecule has 2 N–H and O–H groups in total. The molecular formula is C11H7NO5. The Morgan fingerprint density at radius 1 is 1.24 bits per heavy atom. The first-order chi connectivity index (χ1) is 8.06. The summed E-state index contributed by atoms with van der Waals surface area (Å²) in [6.07, 6.45) is -3.24. The average Bonchev–Trinajstić information content (AvgIpc) is 2.63. The third-order valence-electron chi connectivity index (χ3n) is 2.46. The topological polar surface area (TPSA) is 108 Å². The van der Waals surface area contributed by atoms with Crippen molar-refractivity contribution >= 4 is 11.9 Å². The molecule has 1 aliphatic rings. The molecule has 6 heteroatoms. The van der Waals surface area contributed by atoms with Gasteiger partial charge in [-0.3, -0.25) is 0 Å². The van der Waals surface area contributed by atoms with Crippen molar-refractivity contribution in [1.82, 2.24) is 0 Å². The maximum atomic E-state index is 11.4. The molecule has 1 aromatic rings. The number of ether oxygens (including phenoxy) is 1. The van der Waals surface area contributed by atoms with Crippen LogP contribution in [0.15, 0.2) is 18.2 Å². The molecule has 1 aromatic carbocycles. The number of hydrogen-bond acceptors (Lipinski definition) is 6. The van der Waals surface area contributed by atoms with Crippen molar-refractivity contribution in [1.29, 1.82) is 5.26 Å². The number of nitriles is 1. The summed E-state index contributed by atoms with van der Waals surface area (Å²) in [5.74, 6) is -1.68. The summed E-state index contributed by atoms with van der Waals surface area (Å²) in [6.45, 7) is 0. The van der Waals surface area contributed by atoms with E-state index < -0.39 is 24.1 Å². The Hall–Kier alpha value is -2.23. The zero-order chi connectivity index (χ0) is 12.6. The molecule has 0 aromatic heterocycles. The Kier molecular flexibility index (Phi) is 2.63. The molecule has 0 aliphatic carbocycles. The van der Waals surface area contributed by atoms with E-state index in [0.717, 1.165) is 0 Å². The molecule has 0 bridgehead atoms. The minimum absolute atomic E-state index is 0.00685. The van der Waals surface area contributed by atoms with E-state index >= 15 is 0 Å². The molecule has 1 aliphatic heterocycles. The maximum Gasteiger partial charge on any atom is 0.347 e. The summed E-state index contributed by atoms with van der Waals surface area (Å²) in [7, 11) is 0. The van der Waals surface area contributed by atoms with E-state index in [0.29, 0.717) is 0 Å². The Balaban J connectivity index is 2.55. The van der Waals surface area contributed by atoms with E-state index in [2.05, 4.69) is 4.74 Å². The second kappa shape index (κ2) is 3.97. The van der Waals surface area contributed by atoms with Gasteiger partial charge in [-0.05, 0) is 11.6 Å². The largest absolute Gasteiger partial charge is 0.386 e. The standard InChI is InChI=1S/C11H7NO5/c12-4-7(13)9(14)5-2-1-3-6-8(5)11(16)17-10(6)15/h1-3,7,9,13-14H. The lowest BCUT2D eigenvalue weighted by Gasteiger charge is -2.13. The molecular weight excluding hydrogens is 226 g/mol. The minimum atomic E-state index is -1.68. The van der Waals surface area contributed by atoms with E-state index in [1.165, 1.54) is 24.3 Å². The molecule has 86 valence electrons. The number of carbonyl (C=O) groups excluding carboxylic acids is 2. The van der Waals surface area contributed by atoms with Gasteiger partial charge in [-0.15, -0.1) is 0 Å². The minimum Gasteiger partial charge on any atom is -0.386 e. The highest BCUT2D eigenvalue weighted by molar-refractivity contribution is 6.15. The number of carbonyl (C=O) groups is 2. The van der Waals surface area contributed by atoms with Gasteiger partial charge in [0.25, 0.3) is 0 Å². The van der Waals surface area contributed by atoms with Crippen LogP contribution < -0.4 is 0 Å². The second-order valence-corrected chi connectivity index (χ2v) is 3.47. The lowest BCUT2D eigenvalue weighted by Crippen LogP contribution is -2.18. The number of hydrogen-bond donors (Lipinski definition) is 2. The maximum absolute atomic E-state index is 11.4. The van der Waals surface area contributed by atoms with E-state index in [1.807, 2.05) is 0 Å². The van der Waals surface area contributed by atoms with Gasteiger partial charge in [0.2, 0.25) is 0 Å². The highest BCUT2D eigenvalue weighted by atomic mass is 16.6. The number of cyclic esters (lactones) is 2. The summed E-state index contributed by atoms with van der Waals surface area (Å²) in [5.41, 5.74) is -0.0663. The molecule has 1 heterocycles. The number of fused-ring (bicyclic) bond motifs is 1. The lowest BCUT2D eigenvalue weighted by molar-refractivity contribution is 0.0424. The monoisotopic (exact) mass is 233 g/mol. The fourth-order valence-corrected chi connectivity index (χ4v) is 1.65. The second-order valence-electron chi connectivity index (χ2n) is 3.47. The Labute approximate surface area is 95.7 Å². The molecule has 0 radical (unpaired) electrons. The summed E-state index contributed by atoms with van der Waals surface area (Å²) in [4.78, 5) is 22.6. The van der Waals surface area contributed by atoms with Crippen LogP contribution in [0.3, 0.4) is 0 Å². The molecule has 0 amide bonds. The van der Waals surface area contributed by atoms with Crippen molar-refractivity contribution in [2.45, 2.75) is 12.2 Å². The molecule has 2 rings (SSSR count). The zero-order valence-corrected chi connectivity index (χ0v) is 8.45. The van der Waals surface area contributed by atoms with Crippen molar-refractivity contribution < 1.29 is 24.5 Å². The number of aliphatic hydroxyl groups excluding tert-OH is 2. The van der Waals surface area contributed by atoms with Crippen LogP contribution in [0.4, 0.5) is 0 Å². The van der Waals surface area contributed by atoms with Crippen LogP contribution in [0.25, 0.3) is 0 Å². The van der Waals surface area contributed by atoms with Crippen molar-refractivity contribution in [2.75, 3.05) is 0 Å². The first-order valence-corrected chi connectivity index (χ1v) is 4.71. The van der Waals surface area contributed by atoms with Crippen molar-refractivity contribution in [3.63, 3.8) is 0 Å². The lowest BCUT2D eigenvalue weighted by atomic mass is 9.96. The Morgan fingerprint density at radius 3 is 2.59 bits per heavy atom. The molecule has 0 spiro atoms. The van der Waals surface area contributed by atoms with Gasteiger partial charge in [0.1, 0.15) is 6.10 Å². The van der Waals surface area contributed by atoms with Gasteiger partial charge < -0.3 is 14.9 Å². The number of rotatable bonds is 2. The van der Waals surface area contributed by atoms with Crippen molar-refractivity contribution in [2.24, 2.45) is 0 Å². The SMILES string of the molecule is N#CC(O)C(O)c1cccc2c1C(=O)OC2=O.